The molecule has 0 atom stereocenters. The highest BCUT2D eigenvalue weighted by atomic mass is 35.7. The second-order valence-electron chi connectivity index (χ2n) is 3.25. The molecule has 0 fully saturated rings. The molecule has 0 heterocycles. The van der Waals surface area contributed by atoms with Gasteiger partial charge in [-0.25, -0.2) is 13.2 Å². The highest BCUT2D eigenvalue weighted by molar-refractivity contribution is 8.13. The smallest absolute Gasteiger partial charge is 0.459 e. The Morgan fingerprint density at radius 3 is 2.26 bits per heavy atom. The molecule has 0 aromatic heterocycles. The molecule has 0 aliphatic rings. The monoisotopic (exact) mass is 314 g/mol. The second kappa shape index (κ2) is 5.70. The predicted molar refractivity (Wildman–Crippen MR) is 61.7 cm³/mol. The van der Waals surface area contributed by atoms with Gasteiger partial charge in [-0.05, 0) is 31.2 Å². The standard InChI is InChI=1S/C10H9ClF2O5S/c1-2-17-9(14)10(12,13)18-7-3-5-8(6-4-7)19(11,15)16/h3-6H,2H2,1H3. The largest absolute Gasteiger partial charge is 0.502 e. The highest BCUT2D eigenvalue weighted by Crippen LogP contribution is 2.25. The molecule has 1 rings (SSSR count). The van der Waals surface area contributed by atoms with E-state index >= 15 is 0 Å². The van der Waals surface area contributed by atoms with E-state index < -0.39 is 26.9 Å². The fourth-order valence-electron chi connectivity index (χ4n) is 1.08. The second-order valence-corrected chi connectivity index (χ2v) is 5.81. The number of hydrogen-bond donors (Lipinski definition) is 0. The zero-order chi connectivity index (χ0) is 14.7. The van der Waals surface area contributed by atoms with Gasteiger partial charge in [0.1, 0.15) is 5.75 Å². The molecule has 19 heavy (non-hydrogen) atoms. The molecule has 0 aliphatic carbocycles. The number of hydrogen-bond acceptors (Lipinski definition) is 5. The summed E-state index contributed by atoms with van der Waals surface area (Å²) in [5, 5.41) is 0. The predicted octanol–water partition coefficient (Wildman–Crippen LogP) is 2.15. The van der Waals surface area contributed by atoms with Gasteiger partial charge in [0.15, 0.2) is 0 Å². The Bertz CT molecular complexity index is 556. The molecule has 0 unspecified atom stereocenters. The van der Waals surface area contributed by atoms with Crippen LogP contribution < -0.4 is 4.74 Å². The van der Waals surface area contributed by atoms with Gasteiger partial charge in [-0.1, -0.05) is 0 Å². The van der Waals surface area contributed by atoms with Crippen molar-refractivity contribution in [3.63, 3.8) is 0 Å². The SMILES string of the molecule is CCOC(=O)C(F)(F)Oc1ccc(S(=O)(=O)Cl)cc1. The van der Waals surface area contributed by atoms with Gasteiger partial charge in [0, 0.05) is 10.7 Å². The third-order valence-corrected chi connectivity index (χ3v) is 3.23. The van der Waals surface area contributed by atoms with Crippen molar-refractivity contribution in [1.29, 1.82) is 0 Å². The summed E-state index contributed by atoms with van der Waals surface area (Å²) in [5.74, 6) is -2.23. The molecule has 0 amide bonds. The summed E-state index contributed by atoms with van der Waals surface area (Å²) in [6, 6.07) is 3.84. The quantitative estimate of drug-likeness (QED) is 0.615. The first-order valence-electron chi connectivity index (χ1n) is 4.95. The lowest BCUT2D eigenvalue weighted by Gasteiger charge is -2.15. The van der Waals surface area contributed by atoms with Crippen LogP contribution in [0.15, 0.2) is 29.2 Å². The van der Waals surface area contributed by atoms with E-state index in [0.717, 1.165) is 24.3 Å². The van der Waals surface area contributed by atoms with E-state index in [1.165, 1.54) is 6.92 Å². The molecule has 0 saturated heterocycles. The number of ether oxygens (including phenoxy) is 2. The summed E-state index contributed by atoms with van der Waals surface area (Å²) in [6.45, 7) is 1.15. The highest BCUT2D eigenvalue weighted by Gasteiger charge is 2.44. The number of halogens is 3. The van der Waals surface area contributed by atoms with E-state index in [0.29, 0.717) is 0 Å². The van der Waals surface area contributed by atoms with Gasteiger partial charge >= 0.3 is 12.1 Å². The average Bonchev–Trinajstić information content (AvgIpc) is 2.28. The van der Waals surface area contributed by atoms with Crippen LogP contribution in [-0.2, 0) is 18.6 Å². The zero-order valence-electron chi connectivity index (χ0n) is 9.60. The maximum Gasteiger partial charge on any atom is 0.502 e. The van der Waals surface area contributed by atoms with Crippen LogP contribution in [0.3, 0.4) is 0 Å². The molecule has 0 saturated carbocycles. The van der Waals surface area contributed by atoms with Crippen LogP contribution >= 0.6 is 10.7 Å². The van der Waals surface area contributed by atoms with E-state index in [1.807, 2.05) is 0 Å². The molecule has 9 heteroatoms. The van der Waals surface area contributed by atoms with Crippen molar-refractivity contribution in [3.8, 4) is 5.75 Å². The van der Waals surface area contributed by atoms with Gasteiger partial charge in [-0.3, -0.25) is 0 Å². The molecule has 106 valence electrons. The maximum atomic E-state index is 13.2. The molecule has 0 radical (unpaired) electrons. The molecule has 1 aromatic carbocycles. The molecular formula is C10H9ClF2O5S. The van der Waals surface area contributed by atoms with Crippen LogP contribution in [0.4, 0.5) is 8.78 Å². The molecular weight excluding hydrogens is 306 g/mol. The van der Waals surface area contributed by atoms with E-state index in [4.69, 9.17) is 10.7 Å². The van der Waals surface area contributed by atoms with Gasteiger partial charge in [0.25, 0.3) is 9.05 Å². The van der Waals surface area contributed by atoms with Crippen molar-refractivity contribution in [2.45, 2.75) is 17.9 Å². The number of benzene rings is 1. The van der Waals surface area contributed by atoms with Gasteiger partial charge in [0.05, 0.1) is 11.5 Å². The molecule has 5 nitrogen and oxygen atoms in total. The molecule has 0 aliphatic heterocycles. The minimum atomic E-state index is -4.16. The van der Waals surface area contributed by atoms with E-state index in [9.17, 15) is 22.0 Å². The van der Waals surface area contributed by atoms with Gasteiger partial charge in [-0.2, -0.15) is 8.78 Å². The normalized spacial score (nSPS) is 12.0. The number of carbonyl (C=O) groups is 1. The summed E-state index contributed by atoms with van der Waals surface area (Å²) in [7, 11) is 1.09. The lowest BCUT2D eigenvalue weighted by molar-refractivity contribution is -0.216. The summed E-state index contributed by atoms with van der Waals surface area (Å²) < 4.78 is 56.5. The third-order valence-electron chi connectivity index (χ3n) is 1.86. The first-order chi connectivity index (χ1) is 8.66. The minimum Gasteiger partial charge on any atom is -0.459 e. The van der Waals surface area contributed by atoms with Crippen LogP contribution in [0.5, 0.6) is 5.75 Å². The van der Waals surface area contributed by atoms with Crippen LogP contribution in [0, 0.1) is 0 Å². The van der Waals surface area contributed by atoms with Gasteiger partial charge in [0.2, 0.25) is 0 Å². The van der Waals surface area contributed by atoms with Crippen molar-refractivity contribution in [3.05, 3.63) is 24.3 Å². The van der Waals surface area contributed by atoms with E-state index in [-0.39, 0.29) is 11.5 Å². The Labute approximate surface area is 112 Å². The molecule has 1 aromatic rings. The van der Waals surface area contributed by atoms with Crippen molar-refractivity contribution in [1.82, 2.24) is 0 Å². The van der Waals surface area contributed by atoms with Crippen LogP contribution in [-0.4, -0.2) is 27.1 Å². The van der Waals surface area contributed by atoms with Crippen molar-refractivity contribution in [2.24, 2.45) is 0 Å². The first-order valence-corrected chi connectivity index (χ1v) is 7.26. The summed E-state index contributed by atoms with van der Waals surface area (Å²) in [4.78, 5) is 10.6. The first kappa shape index (κ1) is 15.6. The number of alkyl halides is 2. The zero-order valence-corrected chi connectivity index (χ0v) is 11.2. The van der Waals surface area contributed by atoms with Crippen molar-refractivity contribution >= 4 is 25.7 Å². The summed E-state index contributed by atoms with van der Waals surface area (Å²) >= 11 is 0. The number of esters is 1. The molecule has 0 spiro atoms. The van der Waals surface area contributed by atoms with Crippen molar-refractivity contribution in [2.75, 3.05) is 6.61 Å². The number of rotatable bonds is 5. The Kier molecular flexibility index (Phi) is 4.70. The topological polar surface area (TPSA) is 69.7 Å². The Balaban J connectivity index is 2.86. The minimum absolute atomic E-state index is 0.221. The van der Waals surface area contributed by atoms with Crippen LogP contribution in [0.25, 0.3) is 0 Å². The molecule has 0 N–H and O–H groups in total. The molecule has 0 bridgehead atoms. The summed E-state index contributed by atoms with van der Waals surface area (Å²) in [6.07, 6.45) is -4.16. The fourth-order valence-corrected chi connectivity index (χ4v) is 1.84. The van der Waals surface area contributed by atoms with E-state index in [1.54, 1.807) is 0 Å². The third kappa shape index (κ3) is 4.32. The average molecular weight is 315 g/mol. The Morgan fingerprint density at radius 1 is 1.32 bits per heavy atom. The number of carbonyl (C=O) groups excluding carboxylic acids is 1. The van der Waals surface area contributed by atoms with E-state index in [2.05, 4.69) is 9.47 Å². The van der Waals surface area contributed by atoms with Crippen molar-refractivity contribution < 1.29 is 31.5 Å². The van der Waals surface area contributed by atoms with Crippen LogP contribution in [0.1, 0.15) is 6.92 Å². The van der Waals surface area contributed by atoms with Gasteiger partial charge < -0.3 is 9.47 Å². The fraction of sp³-hybridized carbons (Fsp3) is 0.300. The van der Waals surface area contributed by atoms with Gasteiger partial charge in [-0.15, -0.1) is 0 Å². The Hall–Kier alpha value is -1.41. The van der Waals surface area contributed by atoms with Crippen LogP contribution in [0.2, 0.25) is 0 Å². The lowest BCUT2D eigenvalue weighted by Crippen LogP contribution is -2.36. The summed E-state index contributed by atoms with van der Waals surface area (Å²) in [5.41, 5.74) is 0. The Morgan fingerprint density at radius 2 is 1.84 bits per heavy atom. The maximum absolute atomic E-state index is 13.2. The lowest BCUT2D eigenvalue weighted by atomic mass is 10.3.